The first-order chi connectivity index (χ1) is 11.5. The van der Waals surface area contributed by atoms with Gasteiger partial charge in [0.1, 0.15) is 0 Å². The van der Waals surface area contributed by atoms with Crippen molar-refractivity contribution in [3.63, 3.8) is 0 Å². The van der Waals surface area contributed by atoms with Gasteiger partial charge in [-0.15, -0.1) is 0 Å². The van der Waals surface area contributed by atoms with E-state index in [0.717, 1.165) is 17.8 Å². The van der Waals surface area contributed by atoms with Gasteiger partial charge in [0.05, 0.1) is 5.92 Å². The number of halogens is 2. The molecule has 24 heavy (non-hydrogen) atoms. The number of nitrogens with zero attached hydrogens (tertiary/aromatic N) is 2. The molecular formula is C18H16F2N2O2. The van der Waals surface area contributed by atoms with Crippen molar-refractivity contribution in [1.82, 2.24) is 4.90 Å². The number of likely N-dealkylation sites (tertiary alicyclic amines) is 1. The van der Waals surface area contributed by atoms with Crippen LogP contribution in [0.15, 0.2) is 48.5 Å². The summed E-state index contributed by atoms with van der Waals surface area (Å²) >= 11 is 0. The van der Waals surface area contributed by atoms with Crippen molar-refractivity contribution in [3.8, 4) is 0 Å². The van der Waals surface area contributed by atoms with E-state index < -0.39 is 17.5 Å². The van der Waals surface area contributed by atoms with E-state index in [-0.39, 0.29) is 30.5 Å². The van der Waals surface area contributed by atoms with Crippen LogP contribution in [0.1, 0.15) is 10.4 Å². The lowest BCUT2D eigenvalue weighted by Crippen LogP contribution is -2.56. The highest BCUT2D eigenvalue weighted by Gasteiger charge is 2.37. The first kappa shape index (κ1) is 16.1. The SMILES string of the molecule is CN(C(=O)C1CN(C(=O)c2ccc(F)c(F)c2)C1)c1ccccc1. The van der Waals surface area contributed by atoms with Crippen molar-refractivity contribution in [2.75, 3.05) is 25.0 Å². The molecule has 2 aromatic carbocycles. The van der Waals surface area contributed by atoms with Gasteiger partial charge in [0.2, 0.25) is 5.91 Å². The quantitative estimate of drug-likeness (QED) is 0.868. The van der Waals surface area contributed by atoms with Crippen LogP contribution in [0.25, 0.3) is 0 Å². The Balaban J connectivity index is 1.61. The van der Waals surface area contributed by atoms with E-state index in [2.05, 4.69) is 0 Å². The van der Waals surface area contributed by atoms with Crippen molar-refractivity contribution in [2.24, 2.45) is 5.92 Å². The van der Waals surface area contributed by atoms with Crippen LogP contribution in [0.2, 0.25) is 0 Å². The molecule has 1 saturated heterocycles. The lowest BCUT2D eigenvalue weighted by Gasteiger charge is -2.40. The summed E-state index contributed by atoms with van der Waals surface area (Å²) in [5, 5.41) is 0. The van der Waals surface area contributed by atoms with Crippen molar-refractivity contribution in [2.45, 2.75) is 0 Å². The number of benzene rings is 2. The zero-order valence-electron chi connectivity index (χ0n) is 13.1. The number of amides is 2. The van der Waals surface area contributed by atoms with Crippen molar-refractivity contribution in [3.05, 3.63) is 65.7 Å². The third-order valence-electron chi connectivity index (χ3n) is 4.16. The van der Waals surface area contributed by atoms with E-state index in [9.17, 15) is 18.4 Å². The number of carbonyl (C=O) groups is 2. The van der Waals surface area contributed by atoms with Gasteiger partial charge in [0, 0.05) is 31.4 Å². The third-order valence-corrected chi connectivity index (χ3v) is 4.16. The summed E-state index contributed by atoms with van der Waals surface area (Å²) in [4.78, 5) is 27.6. The van der Waals surface area contributed by atoms with Gasteiger partial charge in [-0.2, -0.15) is 0 Å². The fourth-order valence-corrected chi connectivity index (χ4v) is 2.67. The van der Waals surface area contributed by atoms with Crippen LogP contribution in [-0.2, 0) is 4.79 Å². The summed E-state index contributed by atoms with van der Waals surface area (Å²) in [7, 11) is 1.69. The van der Waals surface area contributed by atoms with Crippen LogP contribution in [0.4, 0.5) is 14.5 Å². The average molecular weight is 330 g/mol. The highest BCUT2D eigenvalue weighted by molar-refractivity contribution is 5.99. The molecule has 0 N–H and O–H groups in total. The van der Waals surface area contributed by atoms with Crippen molar-refractivity contribution < 1.29 is 18.4 Å². The molecule has 0 bridgehead atoms. The minimum absolute atomic E-state index is 0.0736. The first-order valence-electron chi connectivity index (χ1n) is 7.54. The Morgan fingerprint density at radius 2 is 1.71 bits per heavy atom. The topological polar surface area (TPSA) is 40.6 Å². The van der Waals surface area contributed by atoms with Gasteiger partial charge in [-0.05, 0) is 30.3 Å². The molecule has 1 aliphatic heterocycles. The standard InChI is InChI=1S/C18H16F2N2O2/c1-21(14-5-3-2-4-6-14)17(23)13-10-22(11-13)18(24)12-7-8-15(19)16(20)9-12/h2-9,13H,10-11H2,1H3. The summed E-state index contributed by atoms with van der Waals surface area (Å²) in [6.07, 6.45) is 0. The molecule has 124 valence electrons. The zero-order valence-corrected chi connectivity index (χ0v) is 13.1. The summed E-state index contributed by atoms with van der Waals surface area (Å²) < 4.78 is 26.1. The second kappa shape index (κ2) is 6.39. The average Bonchev–Trinajstić information content (AvgIpc) is 2.55. The Labute approximate surface area is 138 Å². The first-order valence-corrected chi connectivity index (χ1v) is 7.54. The Bertz CT molecular complexity index is 774. The summed E-state index contributed by atoms with van der Waals surface area (Å²) in [6, 6.07) is 12.3. The molecular weight excluding hydrogens is 314 g/mol. The van der Waals surface area contributed by atoms with Gasteiger partial charge in [-0.1, -0.05) is 18.2 Å². The molecule has 0 aromatic heterocycles. The van der Waals surface area contributed by atoms with Gasteiger partial charge >= 0.3 is 0 Å². The van der Waals surface area contributed by atoms with Gasteiger partial charge in [0.25, 0.3) is 5.91 Å². The Hall–Kier alpha value is -2.76. The maximum absolute atomic E-state index is 13.2. The number of hydrogen-bond acceptors (Lipinski definition) is 2. The van der Waals surface area contributed by atoms with Crippen LogP contribution in [0, 0.1) is 17.6 Å². The Kier molecular flexibility index (Phi) is 4.29. The third kappa shape index (κ3) is 2.99. The molecule has 6 heteroatoms. The highest BCUT2D eigenvalue weighted by atomic mass is 19.2. The molecule has 1 heterocycles. The number of hydrogen-bond donors (Lipinski definition) is 0. The minimum Gasteiger partial charge on any atom is -0.337 e. The number of rotatable bonds is 3. The van der Waals surface area contributed by atoms with Crippen LogP contribution < -0.4 is 4.90 Å². The molecule has 4 nitrogen and oxygen atoms in total. The molecule has 2 aromatic rings. The zero-order chi connectivity index (χ0) is 17.3. The smallest absolute Gasteiger partial charge is 0.254 e. The Morgan fingerprint density at radius 3 is 2.33 bits per heavy atom. The summed E-state index contributed by atoms with van der Waals surface area (Å²) in [5.41, 5.74) is 0.865. The molecule has 2 amide bonds. The Morgan fingerprint density at radius 1 is 1.04 bits per heavy atom. The fourth-order valence-electron chi connectivity index (χ4n) is 2.67. The van der Waals surface area contributed by atoms with E-state index in [0.29, 0.717) is 0 Å². The predicted molar refractivity (Wildman–Crippen MR) is 85.6 cm³/mol. The monoisotopic (exact) mass is 330 g/mol. The maximum Gasteiger partial charge on any atom is 0.254 e. The second-order valence-electron chi connectivity index (χ2n) is 5.77. The minimum atomic E-state index is -1.06. The van der Waals surface area contributed by atoms with Crippen LogP contribution in [0.5, 0.6) is 0 Å². The molecule has 0 saturated carbocycles. The summed E-state index contributed by atoms with van der Waals surface area (Å²) in [5.74, 6) is -2.81. The molecule has 1 aliphatic rings. The van der Waals surface area contributed by atoms with Crippen LogP contribution >= 0.6 is 0 Å². The normalized spacial score (nSPS) is 14.2. The predicted octanol–water partition coefficient (Wildman–Crippen LogP) is 2.70. The molecule has 0 spiro atoms. The number of carbonyl (C=O) groups excluding carboxylic acids is 2. The van der Waals surface area contributed by atoms with E-state index in [1.165, 1.54) is 11.0 Å². The lowest BCUT2D eigenvalue weighted by atomic mass is 9.97. The number of anilines is 1. The van der Waals surface area contributed by atoms with E-state index in [1.807, 2.05) is 30.3 Å². The molecule has 0 aliphatic carbocycles. The maximum atomic E-state index is 13.2. The van der Waals surface area contributed by atoms with Gasteiger partial charge < -0.3 is 9.80 Å². The largest absolute Gasteiger partial charge is 0.337 e. The fraction of sp³-hybridized carbons (Fsp3) is 0.222. The van der Waals surface area contributed by atoms with Crippen molar-refractivity contribution >= 4 is 17.5 Å². The van der Waals surface area contributed by atoms with E-state index in [1.54, 1.807) is 11.9 Å². The molecule has 0 atom stereocenters. The molecule has 3 rings (SSSR count). The van der Waals surface area contributed by atoms with Gasteiger partial charge in [-0.25, -0.2) is 8.78 Å². The summed E-state index contributed by atoms with van der Waals surface area (Å²) in [6.45, 7) is 0.543. The van der Waals surface area contributed by atoms with E-state index in [4.69, 9.17) is 0 Å². The van der Waals surface area contributed by atoms with Gasteiger partial charge in [-0.3, -0.25) is 9.59 Å². The molecule has 0 unspecified atom stereocenters. The van der Waals surface area contributed by atoms with Crippen molar-refractivity contribution in [1.29, 1.82) is 0 Å². The van der Waals surface area contributed by atoms with Gasteiger partial charge in [0.15, 0.2) is 11.6 Å². The number of para-hydroxylation sites is 1. The van der Waals surface area contributed by atoms with E-state index >= 15 is 0 Å². The van der Waals surface area contributed by atoms with Crippen LogP contribution in [0.3, 0.4) is 0 Å². The van der Waals surface area contributed by atoms with Crippen LogP contribution in [-0.4, -0.2) is 36.9 Å². The molecule has 1 fully saturated rings. The highest BCUT2D eigenvalue weighted by Crippen LogP contribution is 2.23. The lowest BCUT2D eigenvalue weighted by molar-refractivity contribution is -0.126. The molecule has 0 radical (unpaired) electrons. The second-order valence-corrected chi connectivity index (χ2v) is 5.77.